The Morgan fingerprint density at radius 1 is 1.15 bits per heavy atom. The van der Waals surface area contributed by atoms with Gasteiger partial charge in [-0.05, 0) is 30.2 Å². The Morgan fingerprint density at radius 2 is 1.90 bits per heavy atom. The van der Waals surface area contributed by atoms with Crippen LogP contribution in [-0.4, -0.2) is 5.17 Å². The van der Waals surface area contributed by atoms with Gasteiger partial charge in [0.15, 0.2) is 0 Å². The van der Waals surface area contributed by atoms with Crippen molar-refractivity contribution in [2.75, 3.05) is 5.01 Å². The molecule has 0 bridgehead atoms. The Kier molecular flexibility index (Phi) is 5.03. The Bertz CT molecular complexity index is 583. The molecule has 0 radical (unpaired) electrons. The third kappa shape index (κ3) is 3.76. The van der Waals surface area contributed by atoms with Gasteiger partial charge in [0, 0.05) is 5.75 Å². The highest BCUT2D eigenvalue weighted by molar-refractivity contribution is 8.13. The number of nitrogens with zero attached hydrogens (tertiary/aromatic N) is 2. The first kappa shape index (κ1) is 14.4. The van der Waals surface area contributed by atoms with Gasteiger partial charge in [-0.3, -0.25) is 5.01 Å². The van der Waals surface area contributed by atoms with Crippen molar-refractivity contribution in [3.63, 3.8) is 0 Å². The Balaban J connectivity index is 2.05. The molecular weight excluding hydrogens is 268 g/mol. The van der Waals surface area contributed by atoms with Gasteiger partial charge in [-0.1, -0.05) is 54.2 Å². The van der Waals surface area contributed by atoms with Crippen LogP contribution in [0.3, 0.4) is 0 Å². The molecular formula is C15H18N4S. The zero-order valence-electron chi connectivity index (χ0n) is 11.4. The smallest absolute Gasteiger partial charge is 0.201 e. The predicted molar refractivity (Wildman–Crippen MR) is 87.2 cm³/mol. The molecule has 0 unspecified atom stereocenters. The van der Waals surface area contributed by atoms with Gasteiger partial charge in [0.25, 0.3) is 0 Å². The van der Waals surface area contributed by atoms with E-state index in [9.17, 15) is 0 Å². The summed E-state index contributed by atoms with van der Waals surface area (Å²) in [4.78, 5) is 0. The highest BCUT2D eigenvalue weighted by Crippen LogP contribution is 2.20. The van der Waals surface area contributed by atoms with Crippen LogP contribution in [-0.2, 0) is 5.75 Å². The molecule has 4 nitrogen and oxygen atoms in total. The second-order valence-corrected chi connectivity index (χ2v) is 5.34. The fraction of sp³-hybridized carbons (Fsp3) is 0.133. The van der Waals surface area contributed by atoms with E-state index in [1.807, 2.05) is 49.4 Å². The highest BCUT2D eigenvalue weighted by atomic mass is 32.2. The second-order valence-electron chi connectivity index (χ2n) is 4.39. The van der Waals surface area contributed by atoms with Crippen LogP contribution in [0.5, 0.6) is 0 Å². The van der Waals surface area contributed by atoms with E-state index >= 15 is 0 Å². The summed E-state index contributed by atoms with van der Waals surface area (Å²) in [5.74, 6) is 12.3. The van der Waals surface area contributed by atoms with Crippen LogP contribution in [0.2, 0.25) is 0 Å². The Hall–Kier alpha value is -1.98. The Morgan fingerprint density at radius 3 is 2.55 bits per heavy atom. The van der Waals surface area contributed by atoms with E-state index in [0.717, 1.165) is 17.0 Å². The van der Waals surface area contributed by atoms with E-state index in [1.165, 1.54) is 22.3 Å². The lowest BCUT2D eigenvalue weighted by Gasteiger charge is -2.19. The maximum atomic E-state index is 6.08. The first-order chi connectivity index (χ1) is 9.70. The van der Waals surface area contributed by atoms with Crippen molar-refractivity contribution < 1.29 is 0 Å². The molecule has 104 valence electrons. The van der Waals surface area contributed by atoms with Crippen LogP contribution in [0.4, 0.5) is 5.69 Å². The third-order valence-corrected chi connectivity index (χ3v) is 3.85. The molecule has 0 saturated carbocycles. The molecule has 0 heterocycles. The van der Waals surface area contributed by atoms with Crippen molar-refractivity contribution >= 4 is 22.6 Å². The molecule has 0 aliphatic carbocycles. The van der Waals surface area contributed by atoms with E-state index in [2.05, 4.69) is 17.2 Å². The zero-order chi connectivity index (χ0) is 14.4. The molecule has 0 spiro atoms. The predicted octanol–water partition coefficient (Wildman–Crippen LogP) is 2.84. The number of anilines is 1. The lowest BCUT2D eigenvalue weighted by Crippen LogP contribution is -2.36. The van der Waals surface area contributed by atoms with Crippen LogP contribution in [0.1, 0.15) is 11.1 Å². The van der Waals surface area contributed by atoms with Crippen molar-refractivity contribution in [2.45, 2.75) is 12.7 Å². The van der Waals surface area contributed by atoms with E-state index in [-0.39, 0.29) is 0 Å². The normalized spacial score (nSPS) is 11.4. The van der Waals surface area contributed by atoms with Gasteiger partial charge in [-0.15, -0.1) is 0 Å². The van der Waals surface area contributed by atoms with Crippen molar-refractivity contribution in [2.24, 2.45) is 16.8 Å². The lowest BCUT2D eigenvalue weighted by atomic mass is 10.2. The van der Waals surface area contributed by atoms with Gasteiger partial charge in [-0.2, -0.15) is 5.10 Å². The monoisotopic (exact) mass is 286 g/mol. The lowest BCUT2D eigenvalue weighted by molar-refractivity contribution is 1.11. The molecule has 0 fully saturated rings. The molecule has 0 saturated heterocycles. The van der Waals surface area contributed by atoms with Crippen LogP contribution < -0.4 is 16.7 Å². The van der Waals surface area contributed by atoms with E-state index in [1.54, 1.807) is 0 Å². The quantitative estimate of drug-likeness (QED) is 0.394. The molecule has 0 aromatic heterocycles. The molecule has 2 rings (SSSR count). The second kappa shape index (κ2) is 6.98. The van der Waals surface area contributed by atoms with E-state index in [0.29, 0.717) is 5.17 Å². The van der Waals surface area contributed by atoms with E-state index < -0.39 is 0 Å². The average molecular weight is 286 g/mol. The van der Waals surface area contributed by atoms with Gasteiger partial charge in [0.1, 0.15) is 0 Å². The molecule has 2 aromatic rings. The van der Waals surface area contributed by atoms with Crippen LogP contribution in [0.25, 0.3) is 0 Å². The minimum atomic E-state index is 0.583. The molecule has 4 N–H and O–H groups in total. The maximum Gasteiger partial charge on any atom is 0.201 e. The van der Waals surface area contributed by atoms with E-state index in [4.69, 9.17) is 11.7 Å². The fourth-order valence-corrected chi connectivity index (χ4v) is 2.59. The van der Waals surface area contributed by atoms with Gasteiger partial charge in [-0.25, -0.2) is 5.84 Å². The molecule has 0 amide bonds. The van der Waals surface area contributed by atoms with Gasteiger partial charge in [0.2, 0.25) is 5.17 Å². The topological polar surface area (TPSA) is 67.6 Å². The summed E-state index contributed by atoms with van der Waals surface area (Å²) in [6, 6.07) is 18.0. The summed E-state index contributed by atoms with van der Waals surface area (Å²) in [6.07, 6.45) is 0. The van der Waals surface area contributed by atoms with Gasteiger partial charge < -0.3 is 5.84 Å². The number of amidine groups is 1. The summed E-state index contributed by atoms with van der Waals surface area (Å²) in [5.41, 5.74) is 3.22. The summed E-state index contributed by atoms with van der Waals surface area (Å²) in [7, 11) is 0. The Labute approximate surface area is 123 Å². The highest BCUT2D eigenvalue weighted by Gasteiger charge is 2.10. The number of hydrazine groups is 1. The van der Waals surface area contributed by atoms with Crippen molar-refractivity contribution in [1.82, 2.24) is 0 Å². The minimum absolute atomic E-state index is 0.583. The van der Waals surface area contributed by atoms with Crippen LogP contribution in [0, 0.1) is 6.92 Å². The first-order valence-electron chi connectivity index (χ1n) is 6.27. The largest absolute Gasteiger partial charge is 0.321 e. The standard InChI is InChI=1S/C15H18N4S/c1-12-6-5-9-14(10-12)19(17)15(18-16)20-11-13-7-3-2-4-8-13/h2-10H,11,16-17H2,1H3/b18-15+. The first-order valence-corrected chi connectivity index (χ1v) is 7.25. The molecule has 0 aliphatic heterocycles. The van der Waals surface area contributed by atoms with Crippen LogP contribution >= 0.6 is 11.8 Å². The molecule has 20 heavy (non-hydrogen) atoms. The molecule has 0 aliphatic rings. The number of rotatable bonds is 3. The third-order valence-electron chi connectivity index (χ3n) is 2.81. The number of hydrogen-bond donors (Lipinski definition) is 2. The SMILES string of the molecule is Cc1cccc(N(N)/C(=N\N)SCc2ccccc2)c1. The number of aryl methyl sites for hydroxylation is 1. The fourth-order valence-electron chi connectivity index (χ4n) is 1.78. The number of hydrazone groups is 1. The minimum Gasteiger partial charge on any atom is -0.321 e. The van der Waals surface area contributed by atoms with Crippen molar-refractivity contribution in [1.29, 1.82) is 0 Å². The molecule has 0 atom stereocenters. The van der Waals surface area contributed by atoms with Gasteiger partial charge in [0.05, 0.1) is 5.69 Å². The van der Waals surface area contributed by atoms with Gasteiger partial charge >= 0.3 is 0 Å². The maximum absolute atomic E-state index is 6.08. The number of benzene rings is 2. The summed E-state index contributed by atoms with van der Waals surface area (Å²) in [5, 5.41) is 5.89. The average Bonchev–Trinajstić information content (AvgIpc) is 2.48. The zero-order valence-corrected chi connectivity index (χ0v) is 12.2. The number of nitrogens with two attached hydrogens (primary N) is 2. The van der Waals surface area contributed by atoms with Crippen LogP contribution in [0.15, 0.2) is 59.7 Å². The summed E-state index contributed by atoms with van der Waals surface area (Å²) in [6.45, 7) is 2.02. The number of hydrogen-bond acceptors (Lipinski definition) is 4. The van der Waals surface area contributed by atoms with Crippen molar-refractivity contribution in [3.05, 3.63) is 65.7 Å². The van der Waals surface area contributed by atoms with Crippen molar-refractivity contribution in [3.8, 4) is 0 Å². The number of thioether (sulfide) groups is 1. The summed E-state index contributed by atoms with van der Waals surface area (Å²) < 4.78 is 0. The molecule has 5 heteroatoms. The molecule has 2 aromatic carbocycles. The summed E-state index contributed by atoms with van der Waals surface area (Å²) >= 11 is 1.51.